The minimum Gasteiger partial charge on any atom is -0.311 e. The van der Waals surface area contributed by atoms with Gasteiger partial charge >= 0.3 is 0 Å². The highest BCUT2D eigenvalue weighted by Gasteiger charge is 2.45. The van der Waals surface area contributed by atoms with Crippen molar-refractivity contribution >= 4 is 57.2 Å². The van der Waals surface area contributed by atoms with Crippen molar-refractivity contribution in [3.8, 4) is 0 Å². The molecule has 7 rings (SSSR count). The standard InChI is InChI=1S/C59H79BN2/c1-16-34-57(13,19-4)42-24-30-47(31-25-42)62-51-33-27-44(58(14,20-5)35-17-2)38-49(51)60-48-37-43(56(10,11)12)26-32-50(48)61(46-28-22-41(23-29-46)55(7,8)9)52-39-45(40-53(62)54(52)60)59(15,21-6)36-18-3/h22-33,37-40H,16-21,34-36H2,1-15H3. The Kier molecular flexibility index (Phi) is 12.6. The van der Waals surface area contributed by atoms with Gasteiger partial charge in [-0.15, -0.1) is 0 Å². The van der Waals surface area contributed by atoms with E-state index in [9.17, 15) is 0 Å². The summed E-state index contributed by atoms with van der Waals surface area (Å²) in [6.45, 7) is 35.8. The Labute approximate surface area is 379 Å². The second-order valence-electron chi connectivity index (χ2n) is 22.2. The minimum absolute atomic E-state index is 0.00404. The largest absolute Gasteiger partial charge is 0.311 e. The molecule has 2 nitrogen and oxygen atoms in total. The van der Waals surface area contributed by atoms with Crippen LogP contribution >= 0.6 is 0 Å². The molecule has 5 aromatic carbocycles. The summed E-state index contributed by atoms with van der Waals surface area (Å²) < 4.78 is 0. The number of hydrogen-bond donors (Lipinski definition) is 0. The lowest BCUT2D eigenvalue weighted by atomic mass is 9.33. The van der Waals surface area contributed by atoms with Gasteiger partial charge in [0, 0.05) is 34.1 Å². The van der Waals surface area contributed by atoms with Crippen LogP contribution in [0.15, 0.2) is 97.1 Å². The van der Waals surface area contributed by atoms with E-state index in [0.717, 1.165) is 32.1 Å². The molecular weight excluding hydrogens is 747 g/mol. The Bertz CT molecular complexity index is 2380. The summed E-state index contributed by atoms with van der Waals surface area (Å²) in [4.78, 5) is 5.30. The maximum absolute atomic E-state index is 2.66. The normalized spacial score (nSPS) is 16.5. The van der Waals surface area contributed by atoms with Crippen LogP contribution in [0, 0.1) is 0 Å². The maximum Gasteiger partial charge on any atom is 0.252 e. The molecule has 0 aliphatic carbocycles. The number of nitrogens with zero attached hydrogens (tertiary/aromatic N) is 2. The van der Waals surface area contributed by atoms with Crippen molar-refractivity contribution in [1.29, 1.82) is 0 Å². The summed E-state index contributed by atoms with van der Waals surface area (Å²) in [6.07, 6.45) is 10.4. The second-order valence-corrected chi connectivity index (χ2v) is 22.2. The Hall–Kier alpha value is -4.24. The van der Waals surface area contributed by atoms with Gasteiger partial charge in [0.05, 0.1) is 0 Å². The number of rotatable bonds is 14. The summed E-state index contributed by atoms with van der Waals surface area (Å²) >= 11 is 0. The van der Waals surface area contributed by atoms with E-state index < -0.39 is 0 Å². The SMILES string of the molecule is CCCC(C)(CC)c1ccc(N2c3ccc(C(C)(CC)CCC)cc3B3c4cc(C(C)(C)C)ccc4N(c4ccc(C(C)(C)C)cc4)c4cc(C(C)(CC)CCC)cc2c43)cc1. The lowest BCUT2D eigenvalue weighted by molar-refractivity contribution is 0.413. The van der Waals surface area contributed by atoms with E-state index >= 15 is 0 Å². The highest BCUT2D eigenvalue weighted by molar-refractivity contribution is 7.00. The minimum atomic E-state index is 0.00404. The molecule has 62 heavy (non-hydrogen) atoms. The van der Waals surface area contributed by atoms with E-state index in [1.807, 2.05) is 0 Å². The van der Waals surface area contributed by atoms with Crippen molar-refractivity contribution in [3.05, 3.63) is 125 Å². The molecule has 3 unspecified atom stereocenters. The van der Waals surface area contributed by atoms with E-state index in [4.69, 9.17) is 0 Å². The van der Waals surface area contributed by atoms with Crippen LogP contribution in [0.5, 0.6) is 0 Å². The molecular formula is C59H79BN2. The van der Waals surface area contributed by atoms with E-state index in [1.54, 1.807) is 0 Å². The Morgan fingerprint density at radius 3 is 1.13 bits per heavy atom. The molecule has 0 amide bonds. The van der Waals surface area contributed by atoms with Gasteiger partial charge in [-0.1, -0.05) is 172 Å². The van der Waals surface area contributed by atoms with E-state index in [-0.39, 0.29) is 33.8 Å². The third-order valence-electron chi connectivity index (χ3n) is 15.9. The topological polar surface area (TPSA) is 6.48 Å². The lowest BCUT2D eigenvalue weighted by Crippen LogP contribution is -2.62. The van der Waals surface area contributed by atoms with Crippen molar-refractivity contribution < 1.29 is 0 Å². The van der Waals surface area contributed by atoms with Gasteiger partial charge in [0.25, 0.3) is 6.71 Å². The average Bonchev–Trinajstić information content (AvgIpc) is 3.25. The quantitative estimate of drug-likeness (QED) is 0.101. The fourth-order valence-electron chi connectivity index (χ4n) is 11.1. The van der Waals surface area contributed by atoms with Crippen LogP contribution in [-0.2, 0) is 27.1 Å². The van der Waals surface area contributed by atoms with Crippen LogP contribution in [-0.4, -0.2) is 6.71 Å². The van der Waals surface area contributed by atoms with Crippen LogP contribution in [0.1, 0.15) is 189 Å². The monoisotopic (exact) mass is 827 g/mol. The summed E-state index contributed by atoms with van der Waals surface area (Å²) in [7, 11) is 0. The molecule has 0 spiro atoms. The van der Waals surface area contributed by atoms with Crippen molar-refractivity contribution in [2.24, 2.45) is 0 Å². The molecule has 0 radical (unpaired) electrons. The molecule has 0 fully saturated rings. The average molecular weight is 827 g/mol. The first-order valence-corrected chi connectivity index (χ1v) is 24.6. The van der Waals surface area contributed by atoms with Crippen molar-refractivity contribution in [3.63, 3.8) is 0 Å². The molecule has 2 heterocycles. The molecule has 3 heteroatoms. The summed E-state index contributed by atoms with van der Waals surface area (Å²) in [5.74, 6) is 0. The van der Waals surface area contributed by atoms with Gasteiger partial charge in [0.15, 0.2) is 0 Å². The number of fused-ring (bicyclic) bond motifs is 4. The first kappa shape index (κ1) is 45.8. The van der Waals surface area contributed by atoms with E-state index in [1.165, 1.54) is 104 Å². The van der Waals surface area contributed by atoms with Gasteiger partial charge in [-0.05, 0) is 158 Å². The van der Waals surface area contributed by atoms with E-state index in [2.05, 4.69) is 211 Å². The molecule has 0 bridgehead atoms. The van der Waals surface area contributed by atoms with Gasteiger partial charge in [-0.2, -0.15) is 0 Å². The molecule has 5 aromatic rings. The van der Waals surface area contributed by atoms with Gasteiger partial charge in [-0.25, -0.2) is 0 Å². The van der Waals surface area contributed by atoms with Gasteiger partial charge in [0.1, 0.15) is 0 Å². The molecule has 0 saturated heterocycles. The van der Waals surface area contributed by atoms with Crippen LogP contribution in [0.25, 0.3) is 0 Å². The number of hydrogen-bond acceptors (Lipinski definition) is 2. The zero-order chi connectivity index (χ0) is 45.0. The summed E-state index contributed by atoms with van der Waals surface area (Å²) in [5.41, 5.74) is 19.4. The molecule has 0 saturated carbocycles. The molecule has 2 aliphatic rings. The Morgan fingerprint density at radius 2 is 0.726 bits per heavy atom. The summed E-state index contributed by atoms with van der Waals surface area (Å²) in [6, 6.07) is 39.6. The number of anilines is 6. The van der Waals surface area contributed by atoms with Crippen molar-refractivity contribution in [1.82, 2.24) is 0 Å². The first-order chi connectivity index (χ1) is 29.3. The lowest BCUT2D eigenvalue weighted by Gasteiger charge is -2.46. The van der Waals surface area contributed by atoms with Crippen LogP contribution in [0.3, 0.4) is 0 Å². The Morgan fingerprint density at radius 1 is 0.371 bits per heavy atom. The zero-order valence-corrected chi connectivity index (χ0v) is 41.6. The highest BCUT2D eigenvalue weighted by Crippen LogP contribution is 2.49. The highest BCUT2D eigenvalue weighted by atomic mass is 15.2. The molecule has 0 N–H and O–H groups in total. The predicted molar refractivity (Wildman–Crippen MR) is 276 cm³/mol. The fraction of sp³-hybridized carbons (Fsp3) is 0.492. The molecule has 2 aliphatic heterocycles. The van der Waals surface area contributed by atoms with Gasteiger partial charge in [-0.3, -0.25) is 0 Å². The smallest absolute Gasteiger partial charge is 0.252 e. The third-order valence-corrected chi connectivity index (χ3v) is 15.9. The van der Waals surface area contributed by atoms with Crippen LogP contribution in [0.2, 0.25) is 0 Å². The third kappa shape index (κ3) is 7.98. The van der Waals surface area contributed by atoms with E-state index in [0.29, 0.717) is 0 Å². The molecule has 0 aromatic heterocycles. The van der Waals surface area contributed by atoms with Crippen molar-refractivity contribution in [2.45, 2.75) is 189 Å². The van der Waals surface area contributed by atoms with Gasteiger partial charge < -0.3 is 9.80 Å². The number of benzene rings is 5. The van der Waals surface area contributed by atoms with Crippen molar-refractivity contribution in [2.75, 3.05) is 9.80 Å². The maximum atomic E-state index is 2.66. The van der Waals surface area contributed by atoms with Gasteiger partial charge in [0.2, 0.25) is 0 Å². The van der Waals surface area contributed by atoms with Crippen LogP contribution < -0.4 is 26.2 Å². The fourth-order valence-corrected chi connectivity index (χ4v) is 11.1. The zero-order valence-electron chi connectivity index (χ0n) is 41.6. The second kappa shape index (κ2) is 17.0. The summed E-state index contributed by atoms with van der Waals surface area (Å²) in [5, 5.41) is 0. The molecule has 328 valence electrons. The predicted octanol–water partition coefficient (Wildman–Crippen LogP) is 15.8. The Balaban J connectivity index is 1.62. The van der Waals surface area contributed by atoms with Crippen LogP contribution in [0.4, 0.5) is 34.1 Å². The first-order valence-electron chi connectivity index (χ1n) is 24.6. The molecule has 3 atom stereocenters.